The summed E-state index contributed by atoms with van der Waals surface area (Å²) in [6.07, 6.45) is 6.63. The van der Waals surface area contributed by atoms with Gasteiger partial charge in [-0.05, 0) is 37.0 Å². The van der Waals surface area contributed by atoms with Gasteiger partial charge in [0.05, 0.1) is 30.3 Å². The van der Waals surface area contributed by atoms with Crippen molar-refractivity contribution in [2.24, 2.45) is 0 Å². The lowest BCUT2D eigenvalue weighted by molar-refractivity contribution is 0.00401. The maximum absolute atomic E-state index is 12.2. The largest absolute Gasteiger partial charge is 0.376 e. The van der Waals surface area contributed by atoms with Crippen LogP contribution in [0.15, 0.2) is 36.7 Å². The minimum absolute atomic E-state index is 0.110. The van der Waals surface area contributed by atoms with E-state index in [1.807, 2.05) is 0 Å². The molecule has 1 N–H and O–H groups in total. The van der Waals surface area contributed by atoms with E-state index in [4.69, 9.17) is 16.3 Å². The SMILES string of the molecule is O=S(=O)(Cc1ccc(Cl)cc1)Nc1cnn(CC2CCCCO2)c1. The number of rotatable bonds is 6. The number of hydrogen-bond donors (Lipinski definition) is 1. The zero-order valence-corrected chi connectivity index (χ0v) is 14.8. The molecule has 6 nitrogen and oxygen atoms in total. The van der Waals surface area contributed by atoms with E-state index >= 15 is 0 Å². The molecule has 2 aromatic rings. The third-order valence-corrected chi connectivity index (χ3v) is 5.35. The number of anilines is 1. The fourth-order valence-electron chi connectivity index (χ4n) is 2.69. The van der Waals surface area contributed by atoms with Gasteiger partial charge in [0.1, 0.15) is 0 Å². The summed E-state index contributed by atoms with van der Waals surface area (Å²) in [5.41, 5.74) is 1.13. The highest BCUT2D eigenvalue weighted by atomic mass is 35.5. The first-order valence-corrected chi connectivity index (χ1v) is 9.92. The summed E-state index contributed by atoms with van der Waals surface area (Å²) in [5.74, 6) is -0.110. The summed E-state index contributed by atoms with van der Waals surface area (Å²) in [4.78, 5) is 0. The highest BCUT2D eigenvalue weighted by Crippen LogP contribution is 2.17. The predicted octanol–water partition coefficient (Wildman–Crippen LogP) is 3.05. The predicted molar refractivity (Wildman–Crippen MR) is 93.5 cm³/mol. The smallest absolute Gasteiger partial charge is 0.237 e. The van der Waals surface area contributed by atoms with E-state index in [0.717, 1.165) is 25.9 Å². The maximum atomic E-state index is 12.2. The molecule has 130 valence electrons. The lowest BCUT2D eigenvalue weighted by atomic mass is 10.1. The van der Waals surface area contributed by atoms with E-state index in [0.29, 0.717) is 22.8 Å². The highest BCUT2D eigenvalue weighted by Gasteiger charge is 2.16. The van der Waals surface area contributed by atoms with Crippen LogP contribution in [0.4, 0.5) is 5.69 Å². The second kappa shape index (κ2) is 7.55. The summed E-state index contributed by atoms with van der Waals surface area (Å²) in [7, 11) is -3.50. The van der Waals surface area contributed by atoms with Crippen molar-refractivity contribution in [1.29, 1.82) is 0 Å². The van der Waals surface area contributed by atoms with Crippen molar-refractivity contribution in [3.05, 3.63) is 47.2 Å². The van der Waals surface area contributed by atoms with Crippen molar-refractivity contribution in [3.63, 3.8) is 0 Å². The van der Waals surface area contributed by atoms with Crippen molar-refractivity contribution in [1.82, 2.24) is 9.78 Å². The minimum Gasteiger partial charge on any atom is -0.376 e. The number of aromatic nitrogens is 2. The van der Waals surface area contributed by atoms with Crippen LogP contribution in [0.2, 0.25) is 5.02 Å². The Hall–Kier alpha value is -1.57. The number of halogens is 1. The molecular weight excluding hydrogens is 350 g/mol. The Morgan fingerprint density at radius 3 is 2.79 bits per heavy atom. The van der Waals surface area contributed by atoms with E-state index in [-0.39, 0.29) is 11.9 Å². The number of nitrogens with zero attached hydrogens (tertiary/aromatic N) is 2. The first-order chi connectivity index (χ1) is 11.5. The Labute approximate surface area is 146 Å². The van der Waals surface area contributed by atoms with Crippen molar-refractivity contribution in [3.8, 4) is 0 Å². The number of hydrogen-bond acceptors (Lipinski definition) is 4. The average Bonchev–Trinajstić information content (AvgIpc) is 2.96. The van der Waals surface area contributed by atoms with E-state index < -0.39 is 10.0 Å². The van der Waals surface area contributed by atoms with Gasteiger partial charge in [0.25, 0.3) is 0 Å². The van der Waals surface area contributed by atoms with Crippen LogP contribution in [0, 0.1) is 0 Å². The van der Waals surface area contributed by atoms with Gasteiger partial charge in [-0.2, -0.15) is 5.10 Å². The molecule has 0 bridgehead atoms. The molecule has 0 saturated carbocycles. The van der Waals surface area contributed by atoms with Gasteiger partial charge in [0, 0.05) is 17.8 Å². The molecule has 0 amide bonds. The molecule has 3 rings (SSSR count). The fraction of sp³-hybridized carbons (Fsp3) is 0.438. The molecule has 1 aromatic heterocycles. The third kappa shape index (κ3) is 4.96. The number of sulfonamides is 1. The molecule has 0 aliphatic carbocycles. The van der Waals surface area contributed by atoms with Gasteiger partial charge in [-0.3, -0.25) is 9.40 Å². The molecule has 2 heterocycles. The molecule has 1 aliphatic rings. The van der Waals surface area contributed by atoms with Crippen LogP contribution >= 0.6 is 11.6 Å². The average molecular weight is 370 g/mol. The lowest BCUT2D eigenvalue weighted by Crippen LogP contribution is -2.24. The topological polar surface area (TPSA) is 73.2 Å². The van der Waals surface area contributed by atoms with Crippen LogP contribution < -0.4 is 4.72 Å². The van der Waals surface area contributed by atoms with Crippen LogP contribution in [0.5, 0.6) is 0 Å². The van der Waals surface area contributed by atoms with Crippen LogP contribution in [0.1, 0.15) is 24.8 Å². The van der Waals surface area contributed by atoms with Crippen LogP contribution in [-0.2, 0) is 27.1 Å². The van der Waals surface area contributed by atoms with E-state index in [2.05, 4.69) is 9.82 Å². The van der Waals surface area contributed by atoms with Crippen molar-refractivity contribution < 1.29 is 13.2 Å². The Morgan fingerprint density at radius 1 is 1.29 bits per heavy atom. The molecular formula is C16H20ClN3O3S. The lowest BCUT2D eigenvalue weighted by Gasteiger charge is -2.22. The van der Waals surface area contributed by atoms with E-state index in [1.165, 1.54) is 6.20 Å². The van der Waals surface area contributed by atoms with Gasteiger partial charge in [0.15, 0.2) is 0 Å². The maximum Gasteiger partial charge on any atom is 0.237 e. The summed E-state index contributed by atoms with van der Waals surface area (Å²) in [6, 6.07) is 6.75. The summed E-state index contributed by atoms with van der Waals surface area (Å²) in [5, 5.41) is 4.78. The fourth-order valence-corrected chi connectivity index (χ4v) is 3.99. The molecule has 1 unspecified atom stereocenters. The number of ether oxygens (including phenoxy) is 1. The van der Waals surface area contributed by atoms with Crippen LogP contribution in [-0.4, -0.2) is 30.9 Å². The minimum atomic E-state index is -3.50. The summed E-state index contributed by atoms with van der Waals surface area (Å²) in [6.45, 7) is 1.42. The van der Waals surface area contributed by atoms with Crippen molar-refractivity contribution in [2.75, 3.05) is 11.3 Å². The van der Waals surface area contributed by atoms with Crippen molar-refractivity contribution >= 4 is 27.3 Å². The first-order valence-electron chi connectivity index (χ1n) is 7.89. The van der Waals surface area contributed by atoms with Crippen molar-refractivity contribution in [2.45, 2.75) is 37.7 Å². The normalized spacial score (nSPS) is 18.5. The third-order valence-electron chi connectivity index (χ3n) is 3.84. The molecule has 24 heavy (non-hydrogen) atoms. The molecule has 0 spiro atoms. The molecule has 1 aliphatic heterocycles. The van der Waals surface area contributed by atoms with Gasteiger partial charge < -0.3 is 4.74 Å². The molecule has 1 aromatic carbocycles. The number of nitrogens with one attached hydrogen (secondary N) is 1. The van der Waals surface area contributed by atoms with E-state index in [9.17, 15) is 8.42 Å². The zero-order chi connectivity index (χ0) is 17.0. The van der Waals surface area contributed by atoms with Gasteiger partial charge in [0.2, 0.25) is 10.0 Å². The van der Waals surface area contributed by atoms with Gasteiger partial charge >= 0.3 is 0 Å². The summed E-state index contributed by atoms with van der Waals surface area (Å²) < 4.78 is 34.4. The molecule has 8 heteroatoms. The molecule has 1 saturated heterocycles. The van der Waals surface area contributed by atoms with Gasteiger partial charge in [-0.25, -0.2) is 8.42 Å². The van der Waals surface area contributed by atoms with E-state index in [1.54, 1.807) is 35.1 Å². The van der Waals surface area contributed by atoms with Gasteiger partial charge in [-0.15, -0.1) is 0 Å². The second-order valence-corrected chi connectivity index (χ2v) is 8.09. The molecule has 1 atom stereocenters. The standard InChI is InChI=1S/C16H20ClN3O3S/c17-14-6-4-13(5-7-14)12-24(21,22)19-15-9-18-20(10-15)11-16-3-1-2-8-23-16/h4-7,9-10,16,19H,1-3,8,11-12H2. The Balaban J connectivity index is 1.59. The molecule has 1 fully saturated rings. The monoisotopic (exact) mass is 369 g/mol. The Bertz CT molecular complexity index is 768. The zero-order valence-electron chi connectivity index (χ0n) is 13.2. The van der Waals surface area contributed by atoms with Crippen LogP contribution in [0.3, 0.4) is 0 Å². The second-order valence-electron chi connectivity index (χ2n) is 5.93. The Morgan fingerprint density at radius 2 is 2.08 bits per heavy atom. The van der Waals surface area contributed by atoms with Gasteiger partial charge in [-0.1, -0.05) is 23.7 Å². The summed E-state index contributed by atoms with van der Waals surface area (Å²) >= 11 is 5.81. The van der Waals surface area contributed by atoms with Crippen LogP contribution in [0.25, 0.3) is 0 Å². The highest BCUT2D eigenvalue weighted by molar-refractivity contribution is 7.91. The quantitative estimate of drug-likeness (QED) is 0.849. The molecule has 0 radical (unpaired) electrons. The first kappa shape index (κ1) is 17.3. The number of benzene rings is 1. The Kier molecular flexibility index (Phi) is 5.43.